The molecule has 0 aliphatic heterocycles. The quantitative estimate of drug-likeness (QED) is 0.116. The molecule has 5 aromatic carbocycles. The maximum atomic E-state index is 13.6. The highest BCUT2D eigenvalue weighted by molar-refractivity contribution is 6.31. The largest absolute Gasteiger partial charge is 0.264 e. The van der Waals surface area contributed by atoms with Gasteiger partial charge in [0.15, 0.2) is 0 Å². The van der Waals surface area contributed by atoms with E-state index in [2.05, 4.69) is 39.8 Å². The minimum Gasteiger partial charge on any atom is -0.207 e. The summed E-state index contributed by atoms with van der Waals surface area (Å²) >= 11 is 23.0. The van der Waals surface area contributed by atoms with E-state index < -0.39 is 40.5 Å². The SMILES string of the molecule is CC(C)(C)c1c(F)ccc(Cl)c1F.CC(C)(C)c1cc(Cl)ccc1C(F)F.Cc1cc(F)c(C(C)(C)C)c(F)c1.Cc1ccc(Cl)c(F)c1C(C)(C)C.Cc1ccc(Cl)cc1C(C)(C)C. The Morgan fingerprint density at radius 2 is 0.754 bits per heavy atom. The summed E-state index contributed by atoms with van der Waals surface area (Å²) in [5, 5.41) is 1.49. The van der Waals surface area contributed by atoms with Crippen LogP contribution >= 0.6 is 46.4 Å². The average molecular weight is 991 g/mol. The lowest BCUT2D eigenvalue weighted by atomic mass is 9.84. The lowest BCUT2D eigenvalue weighted by Crippen LogP contribution is -2.16. The molecule has 5 aromatic rings. The third kappa shape index (κ3) is 18.4. The summed E-state index contributed by atoms with van der Waals surface area (Å²) in [5.41, 5.74) is 4.44. The number of hydrogen-bond donors (Lipinski definition) is 0. The van der Waals surface area contributed by atoms with E-state index in [1.165, 1.54) is 47.5 Å². The highest BCUT2D eigenvalue weighted by Gasteiger charge is 2.26. The minimum atomic E-state index is -2.44. The van der Waals surface area contributed by atoms with Crippen molar-refractivity contribution in [2.75, 3.05) is 0 Å². The van der Waals surface area contributed by atoms with Crippen LogP contribution < -0.4 is 0 Å². The molecule has 5 rings (SSSR count). The molecule has 0 amide bonds. The third-order valence-corrected chi connectivity index (χ3v) is 10.9. The highest BCUT2D eigenvalue weighted by Crippen LogP contribution is 2.35. The fourth-order valence-corrected chi connectivity index (χ4v) is 7.63. The normalized spacial score (nSPS) is 11.9. The van der Waals surface area contributed by atoms with Gasteiger partial charge in [-0.3, -0.25) is 0 Å². The second kappa shape index (κ2) is 23.7. The van der Waals surface area contributed by atoms with E-state index in [0.717, 1.165) is 10.6 Å². The predicted molar refractivity (Wildman–Crippen MR) is 265 cm³/mol. The van der Waals surface area contributed by atoms with Crippen LogP contribution in [0, 0.1) is 49.9 Å². The van der Waals surface area contributed by atoms with Gasteiger partial charge in [0.25, 0.3) is 6.43 Å². The van der Waals surface area contributed by atoms with Crippen molar-refractivity contribution < 1.29 is 30.7 Å². The number of rotatable bonds is 1. The summed E-state index contributed by atoms with van der Waals surface area (Å²) in [6, 6.07) is 19.2. The number of benzene rings is 5. The standard InChI is InChI=1S/C11H13ClF2.C11H14ClF.C11H15Cl.C11H14F2.C10H11ClF2/c1-11(2,3)9-6-7(12)4-5-8(9)10(13)14;1-7-5-6-8(12)10(13)9(7)11(2,3)4;1-8-5-6-9(12)7-10(8)11(2,3)4;1-7-5-8(12)10(9(13)6-7)11(2,3)4;1-10(2,3)8-7(12)5-4-6(11)9(8)13/h4-6,10H,1-3H3;5-6H,1-4H3;5-7H,1-4H3;5-6H,1-4H3;4-5H,1-3H3. The van der Waals surface area contributed by atoms with Crippen LogP contribution in [0.4, 0.5) is 30.7 Å². The molecule has 0 saturated carbocycles. The first-order valence-electron chi connectivity index (χ1n) is 21.1. The third-order valence-electron chi connectivity index (χ3n) is 9.85. The molecule has 0 saturated heterocycles. The van der Waals surface area contributed by atoms with Crippen LogP contribution in [-0.4, -0.2) is 0 Å². The topological polar surface area (TPSA) is 0 Å². The van der Waals surface area contributed by atoms with Gasteiger partial charge in [-0.15, -0.1) is 0 Å². The van der Waals surface area contributed by atoms with Gasteiger partial charge in [0.2, 0.25) is 0 Å². The van der Waals surface area contributed by atoms with Crippen LogP contribution in [0.3, 0.4) is 0 Å². The Hall–Kier alpha value is -3.23. The molecule has 0 atom stereocenters. The number of alkyl halides is 2. The molecule has 0 N–H and O–H groups in total. The molecular weight excluding hydrogens is 923 g/mol. The molecule has 0 bridgehead atoms. The summed E-state index contributed by atoms with van der Waals surface area (Å²) in [6.45, 7) is 34.5. The van der Waals surface area contributed by atoms with Gasteiger partial charge in [-0.2, -0.15) is 0 Å². The number of halogens is 11. The highest BCUT2D eigenvalue weighted by atomic mass is 35.5. The maximum Gasteiger partial charge on any atom is 0.264 e. The van der Waals surface area contributed by atoms with Crippen molar-refractivity contribution in [2.45, 2.75) is 158 Å². The zero-order chi connectivity index (χ0) is 51.0. The van der Waals surface area contributed by atoms with Crippen molar-refractivity contribution in [3.63, 3.8) is 0 Å². The monoisotopic (exact) mass is 988 g/mol. The smallest absolute Gasteiger partial charge is 0.207 e. The van der Waals surface area contributed by atoms with Gasteiger partial charge in [-0.25, -0.2) is 30.7 Å². The zero-order valence-electron chi connectivity index (χ0n) is 41.2. The molecule has 0 nitrogen and oxygen atoms in total. The molecule has 0 aromatic heterocycles. The second-order valence-corrected chi connectivity index (χ2v) is 22.8. The zero-order valence-corrected chi connectivity index (χ0v) is 44.2. The Labute approximate surface area is 405 Å². The first-order chi connectivity index (χ1) is 29.2. The van der Waals surface area contributed by atoms with Gasteiger partial charge in [-0.05, 0) is 136 Å². The first-order valence-corrected chi connectivity index (χ1v) is 22.6. The second-order valence-electron chi connectivity index (χ2n) is 21.1. The molecule has 0 heterocycles. The number of hydrogen-bond acceptors (Lipinski definition) is 0. The van der Waals surface area contributed by atoms with Crippen molar-refractivity contribution in [1.82, 2.24) is 0 Å². The molecule has 0 unspecified atom stereocenters. The lowest BCUT2D eigenvalue weighted by Gasteiger charge is -2.22. The fraction of sp³-hybridized carbons (Fsp3) is 0.444. The Bertz CT molecular complexity index is 2260. The van der Waals surface area contributed by atoms with E-state index in [-0.39, 0.29) is 48.8 Å². The van der Waals surface area contributed by atoms with Crippen molar-refractivity contribution in [3.8, 4) is 0 Å². The molecular formula is C54H67Cl4F7. The molecule has 0 fully saturated rings. The van der Waals surface area contributed by atoms with Crippen molar-refractivity contribution in [1.29, 1.82) is 0 Å². The molecule has 0 aliphatic rings. The van der Waals surface area contributed by atoms with Gasteiger partial charge < -0.3 is 0 Å². The van der Waals surface area contributed by atoms with Crippen LogP contribution in [0.5, 0.6) is 0 Å². The van der Waals surface area contributed by atoms with Gasteiger partial charge in [0.1, 0.15) is 29.1 Å². The summed E-state index contributed by atoms with van der Waals surface area (Å²) in [6.07, 6.45) is -2.44. The summed E-state index contributed by atoms with van der Waals surface area (Å²) in [5.74, 6) is -2.40. The lowest BCUT2D eigenvalue weighted by molar-refractivity contribution is 0.149. The van der Waals surface area contributed by atoms with E-state index >= 15 is 0 Å². The van der Waals surface area contributed by atoms with Gasteiger partial charge in [0.05, 0.1) is 10.0 Å². The van der Waals surface area contributed by atoms with Crippen LogP contribution in [0.1, 0.15) is 160 Å². The Morgan fingerprint density at radius 3 is 1.11 bits per heavy atom. The van der Waals surface area contributed by atoms with Crippen molar-refractivity contribution >= 4 is 46.4 Å². The fourth-order valence-electron chi connectivity index (χ4n) is 6.97. The Kier molecular flexibility index (Phi) is 21.8. The molecule has 11 heteroatoms. The van der Waals surface area contributed by atoms with Crippen molar-refractivity contribution in [2.24, 2.45) is 0 Å². The number of aryl methyl sites for hydroxylation is 3. The molecule has 360 valence electrons. The van der Waals surface area contributed by atoms with E-state index in [1.54, 1.807) is 60.6 Å². The predicted octanol–water partition coefficient (Wildman–Crippen LogP) is 20.1. The van der Waals surface area contributed by atoms with Crippen LogP contribution in [-0.2, 0) is 27.1 Å². The summed E-state index contributed by atoms with van der Waals surface area (Å²) in [4.78, 5) is 0. The van der Waals surface area contributed by atoms with E-state index in [4.69, 9.17) is 46.4 Å². The van der Waals surface area contributed by atoms with E-state index in [0.29, 0.717) is 21.7 Å². The Morgan fingerprint density at radius 1 is 0.385 bits per heavy atom. The van der Waals surface area contributed by atoms with Gasteiger partial charge in [-0.1, -0.05) is 168 Å². The molecule has 0 spiro atoms. The Balaban J connectivity index is 0.000000407. The van der Waals surface area contributed by atoms with E-state index in [1.807, 2.05) is 60.6 Å². The van der Waals surface area contributed by atoms with Crippen LogP contribution in [0.15, 0.2) is 72.8 Å². The van der Waals surface area contributed by atoms with E-state index in [9.17, 15) is 30.7 Å². The average Bonchev–Trinajstić information content (AvgIpc) is 3.11. The summed E-state index contributed by atoms with van der Waals surface area (Å²) in [7, 11) is 0. The van der Waals surface area contributed by atoms with Gasteiger partial charge >= 0.3 is 0 Å². The minimum absolute atomic E-state index is 0.0358. The molecule has 0 aliphatic carbocycles. The first kappa shape index (κ1) is 59.8. The van der Waals surface area contributed by atoms with Crippen molar-refractivity contribution in [3.05, 3.63) is 172 Å². The maximum absolute atomic E-state index is 13.6. The summed E-state index contributed by atoms with van der Waals surface area (Å²) < 4.78 is 92.3. The van der Waals surface area contributed by atoms with Crippen LogP contribution in [0.2, 0.25) is 20.1 Å². The van der Waals surface area contributed by atoms with Crippen LogP contribution in [0.25, 0.3) is 0 Å². The van der Waals surface area contributed by atoms with Gasteiger partial charge in [0, 0.05) is 26.7 Å². The molecule has 0 radical (unpaired) electrons. The molecule has 65 heavy (non-hydrogen) atoms.